The third-order valence-corrected chi connectivity index (χ3v) is 4.41. The summed E-state index contributed by atoms with van der Waals surface area (Å²) >= 11 is 0. The van der Waals surface area contributed by atoms with Gasteiger partial charge in [-0.05, 0) is 31.7 Å². The van der Waals surface area contributed by atoms with Gasteiger partial charge in [-0.25, -0.2) is 9.67 Å². The average molecular weight is 293 g/mol. The van der Waals surface area contributed by atoms with E-state index in [0.717, 1.165) is 32.0 Å². The first-order chi connectivity index (χ1) is 9.97. The van der Waals surface area contributed by atoms with Crippen molar-refractivity contribution in [2.24, 2.45) is 11.8 Å². The Bertz CT molecular complexity index is 426. The summed E-state index contributed by atoms with van der Waals surface area (Å²) in [4.78, 5) is 7.05. The molecule has 2 heterocycles. The van der Waals surface area contributed by atoms with E-state index in [9.17, 15) is 0 Å². The summed E-state index contributed by atoms with van der Waals surface area (Å²) in [5, 5.41) is 8.07. The fourth-order valence-electron chi connectivity index (χ4n) is 2.91. The fraction of sp³-hybridized carbons (Fsp3) is 0.875. The Morgan fingerprint density at radius 1 is 1.33 bits per heavy atom. The van der Waals surface area contributed by atoms with Crippen LogP contribution in [-0.2, 0) is 13.1 Å². The number of hydrogen-bond donors (Lipinski definition) is 1. The summed E-state index contributed by atoms with van der Waals surface area (Å²) in [6.07, 6.45) is 2.89. The van der Waals surface area contributed by atoms with Crippen LogP contribution in [0.1, 0.15) is 46.9 Å². The molecule has 0 amide bonds. The molecule has 120 valence electrons. The first-order valence-corrected chi connectivity index (χ1v) is 8.31. The molecule has 1 aliphatic heterocycles. The molecule has 0 saturated carbocycles. The molecule has 0 aromatic carbocycles. The lowest BCUT2D eigenvalue weighted by atomic mass is 10.0. The van der Waals surface area contributed by atoms with Crippen molar-refractivity contribution >= 4 is 0 Å². The predicted octanol–water partition coefficient (Wildman–Crippen LogP) is 2.14. The maximum absolute atomic E-state index is 4.49. The van der Waals surface area contributed by atoms with Crippen LogP contribution in [0.15, 0.2) is 6.33 Å². The van der Waals surface area contributed by atoms with Crippen LogP contribution in [0.3, 0.4) is 0 Å². The molecule has 0 aliphatic carbocycles. The number of nitrogens with zero attached hydrogens (tertiary/aromatic N) is 4. The van der Waals surface area contributed by atoms with E-state index in [-0.39, 0.29) is 0 Å². The first-order valence-electron chi connectivity index (χ1n) is 8.31. The first kappa shape index (κ1) is 16.4. The molecule has 2 atom stereocenters. The summed E-state index contributed by atoms with van der Waals surface area (Å²) < 4.78 is 2.07. The highest BCUT2D eigenvalue weighted by Crippen LogP contribution is 2.16. The summed E-state index contributed by atoms with van der Waals surface area (Å²) in [6, 6.07) is 1.15. The van der Waals surface area contributed by atoms with Crippen LogP contribution in [0.4, 0.5) is 0 Å². The van der Waals surface area contributed by atoms with Gasteiger partial charge in [-0.15, -0.1) is 0 Å². The molecule has 2 rings (SSSR count). The lowest BCUT2D eigenvalue weighted by Gasteiger charge is -2.30. The number of nitrogens with one attached hydrogen (secondary N) is 1. The van der Waals surface area contributed by atoms with Crippen molar-refractivity contribution in [3.05, 3.63) is 12.2 Å². The molecule has 0 spiro atoms. The molecule has 2 unspecified atom stereocenters. The van der Waals surface area contributed by atoms with Crippen molar-refractivity contribution in [2.45, 2.75) is 66.2 Å². The number of rotatable bonds is 5. The SMILES string of the molecule is CC(C)Cn1ncnc1CN1CC(C(C)C)NCCC1C. The number of aromatic nitrogens is 3. The molecule has 5 heteroatoms. The van der Waals surface area contributed by atoms with E-state index in [4.69, 9.17) is 0 Å². The molecule has 21 heavy (non-hydrogen) atoms. The molecular weight excluding hydrogens is 262 g/mol. The highest BCUT2D eigenvalue weighted by molar-refractivity contribution is 4.90. The Morgan fingerprint density at radius 2 is 2.10 bits per heavy atom. The van der Waals surface area contributed by atoms with Crippen molar-refractivity contribution in [2.75, 3.05) is 13.1 Å². The van der Waals surface area contributed by atoms with Crippen LogP contribution < -0.4 is 5.32 Å². The minimum Gasteiger partial charge on any atom is -0.312 e. The van der Waals surface area contributed by atoms with E-state index >= 15 is 0 Å². The van der Waals surface area contributed by atoms with Gasteiger partial charge in [-0.1, -0.05) is 27.7 Å². The second kappa shape index (κ2) is 7.36. The van der Waals surface area contributed by atoms with Gasteiger partial charge >= 0.3 is 0 Å². The molecule has 1 aromatic rings. The van der Waals surface area contributed by atoms with Gasteiger partial charge in [0.05, 0.1) is 6.54 Å². The third kappa shape index (κ3) is 4.51. The summed E-state index contributed by atoms with van der Waals surface area (Å²) in [6.45, 7) is 15.4. The molecule has 1 fully saturated rings. The zero-order chi connectivity index (χ0) is 15.4. The molecule has 1 saturated heterocycles. The minimum atomic E-state index is 0.566. The van der Waals surface area contributed by atoms with Crippen molar-refractivity contribution in [3.8, 4) is 0 Å². The Labute approximate surface area is 129 Å². The largest absolute Gasteiger partial charge is 0.312 e. The van der Waals surface area contributed by atoms with Crippen molar-refractivity contribution < 1.29 is 0 Å². The summed E-state index contributed by atoms with van der Waals surface area (Å²) in [5.41, 5.74) is 0. The van der Waals surface area contributed by atoms with Gasteiger partial charge in [-0.2, -0.15) is 5.10 Å². The third-order valence-electron chi connectivity index (χ3n) is 4.41. The fourth-order valence-corrected chi connectivity index (χ4v) is 2.91. The predicted molar refractivity (Wildman–Crippen MR) is 86.0 cm³/mol. The van der Waals surface area contributed by atoms with Gasteiger partial charge in [0.2, 0.25) is 0 Å². The maximum atomic E-state index is 4.49. The van der Waals surface area contributed by atoms with Crippen LogP contribution in [-0.4, -0.2) is 44.8 Å². The van der Waals surface area contributed by atoms with Crippen molar-refractivity contribution in [1.29, 1.82) is 0 Å². The zero-order valence-corrected chi connectivity index (χ0v) is 14.2. The lowest BCUT2D eigenvalue weighted by molar-refractivity contribution is 0.176. The van der Waals surface area contributed by atoms with Crippen LogP contribution in [0.5, 0.6) is 0 Å². The normalized spacial score (nSPS) is 24.7. The molecule has 0 radical (unpaired) electrons. The lowest BCUT2D eigenvalue weighted by Crippen LogP contribution is -2.43. The van der Waals surface area contributed by atoms with E-state index in [0.29, 0.717) is 23.9 Å². The highest BCUT2D eigenvalue weighted by atomic mass is 15.4. The van der Waals surface area contributed by atoms with Gasteiger partial charge in [0.15, 0.2) is 0 Å². The maximum Gasteiger partial charge on any atom is 0.141 e. The quantitative estimate of drug-likeness (QED) is 0.903. The van der Waals surface area contributed by atoms with E-state index in [1.54, 1.807) is 6.33 Å². The standard InChI is InChI=1S/C16H31N5/c1-12(2)8-21-16(18-11-19-21)10-20-9-15(13(3)4)17-7-6-14(20)5/h11-15,17H,6-10H2,1-5H3. The highest BCUT2D eigenvalue weighted by Gasteiger charge is 2.25. The van der Waals surface area contributed by atoms with E-state index in [1.165, 1.54) is 6.42 Å². The van der Waals surface area contributed by atoms with Gasteiger partial charge in [-0.3, -0.25) is 4.90 Å². The molecule has 5 nitrogen and oxygen atoms in total. The van der Waals surface area contributed by atoms with E-state index in [1.807, 2.05) is 0 Å². The van der Waals surface area contributed by atoms with Crippen LogP contribution in [0.2, 0.25) is 0 Å². The van der Waals surface area contributed by atoms with Crippen LogP contribution in [0, 0.1) is 11.8 Å². The van der Waals surface area contributed by atoms with Crippen molar-refractivity contribution in [3.63, 3.8) is 0 Å². The van der Waals surface area contributed by atoms with Crippen molar-refractivity contribution in [1.82, 2.24) is 25.0 Å². The number of hydrogen-bond acceptors (Lipinski definition) is 4. The van der Waals surface area contributed by atoms with Gasteiger partial charge in [0.25, 0.3) is 0 Å². The Hall–Kier alpha value is -0.940. The molecule has 0 bridgehead atoms. The Morgan fingerprint density at radius 3 is 2.76 bits per heavy atom. The molecule has 1 N–H and O–H groups in total. The molecule has 1 aliphatic rings. The van der Waals surface area contributed by atoms with Gasteiger partial charge < -0.3 is 5.32 Å². The molecular formula is C16H31N5. The zero-order valence-electron chi connectivity index (χ0n) is 14.2. The molecule has 1 aromatic heterocycles. The van der Waals surface area contributed by atoms with E-state index in [2.05, 4.69) is 59.6 Å². The average Bonchev–Trinajstić information content (AvgIpc) is 2.72. The monoisotopic (exact) mass is 293 g/mol. The second-order valence-corrected chi connectivity index (χ2v) is 7.12. The smallest absolute Gasteiger partial charge is 0.141 e. The topological polar surface area (TPSA) is 46.0 Å². The minimum absolute atomic E-state index is 0.566. The van der Waals surface area contributed by atoms with E-state index < -0.39 is 0 Å². The Balaban J connectivity index is 2.07. The Kier molecular flexibility index (Phi) is 5.76. The summed E-state index contributed by atoms with van der Waals surface area (Å²) in [7, 11) is 0. The van der Waals surface area contributed by atoms with Crippen LogP contribution in [0.25, 0.3) is 0 Å². The van der Waals surface area contributed by atoms with Crippen LogP contribution >= 0.6 is 0 Å². The van der Waals surface area contributed by atoms with Gasteiger partial charge in [0.1, 0.15) is 12.2 Å². The van der Waals surface area contributed by atoms with Gasteiger partial charge in [0, 0.05) is 25.2 Å². The summed E-state index contributed by atoms with van der Waals surface area (Å²) in [5.74, 6) is 2.35. The second-order valence-electron chi connectivity index (χ2n) is 7.12.